The molecule has 0 aromatic heterocycles. The van der Waals surface area contributed by atoms with Gasteiger partial charge in [0.1, 0.15) is 0 Å². The molecule has 0 saturated carbocycles. The number of rotatable bonds is 3. The molecule has 0 radical (unpaired) electrons. The predicted molar refractivity (Wildman–Crippen MR) is 59.8 cm³/mol. The van der Waals surface area contributed by atoms with Crippen LogP contribution in [-0.2, 0) is 6.42 Å². The quantitative estimate of drug-likeness (QED) is 0.609. The fourth-order valence-corrected chi connectivity index (χ4v) is 1.32. The lowest BCUT2D eigenvalue weighted by molar-refractivity contribution is 1.13. The minimum absolute atomic E-state index is 1.10. The van der Waals surface area contributed by atoms with Crippen LogP contribution in [0.1, 0.15) is 23.6 Å². The van der Waals surface area contributed by atoms with E-state index in [4.69, 9.17) is 0 Å². The Morgan fingerprint density at radius 3 is 2.69 bits per heavy atom. The Hall–Kier alpha value is -1.30. The van der Waals surface area contributed by atoms with E-state index < -0.39 is 0 Å². The standard InChI is InChI=1S/C13H16/c1-4-6-7-13-9-8-12(5-2)10-11(13)3/h4,6-10H,1,5H2,2-3H3/b7-6-. The van der Waals surface area contributed by atoms with Gasteiger partial charge in [-0.15, -0.1) is 0 Å². The molecule has 0 N–H and O–H groups in total. The van der Waals surface area contributed by atoms with Crippen LogP contribution in [0, 0.1) is 6.92 Å². The predicted octanol–water partition coefficient (Wildman–Crippen LogP) is 3.76. The molecule has 0 unspecified atom stereocenters. The van der Waals surface area contributed by atoms with E-state index in [0.717, 1.165) is 6.42 Å². The van der Waals surface area contributed by atoms with Crippen molar-refractivity contribution in [2.45, 2.75) is 20.3 Å². The largest absolute Gasteiger partial charge is 0.0991 e. The first-order valence-electron chi connectivity index (χ1n) is 4.66. The first kappa shape index (κ1) is 9.79. The molecule has 0 bridgehead atoms. The van der Waals surface area contributed by atoms with Crippen LogP contribution in [0.5, 0.6) is 0 Å². The Morgan fingerprint density at radius 1 is 1.38 bits per heavy atom. The summed E-state index contributed by atoms with van der Waals surface area (Å²) in [4.78, 5) is 0. The van der Waals surface area contributed by atoms with E-state index in [0.29, 0.717) is 0 Å². The Balaban J connectivity index is 2.98. The highest BCUT2D eigenvalue weighted by Gasteiger charge is 1.94. The van der Waals surface area contributed by atoms with Crippen molar-refractivity contribution < 1.29 is 0 Å². The van der Waals surface area contributed by atoms with Crippen molar-refractivity contribution in [2.24, 2.45) is 0 Å². The number of hydrogen-bond acceptors (Lipinski definition) is 0. The topological polar surface area (TPSA) is 0 Å². The summed E-state index contributed by atoms with van der Waals surface area (Å²) in [6, 6.07) is 6.58. The molecule has 68 valence electrons. The highest BCUT2D eigenvalue weighted by molar-refractivity contribution is 5.55. The van der Waals surface area contributed by atoms with E-state index in [9.17, 15) is 0 Å². The van der Waals surface area contributed by atoms with Gasteiger partial charge in [0.25, 0.3) is 0 Å². The zero-order valence-electron chi connectivity index (χ0n) is 8.38. The third-order valence-corrected chi connectivity index (χ3v) is 2.15. The maximum atomic E-state index is 3.65. The molecule has 0 heteroatoms. The van der Waals surface area contributed by atoms with Gasteiger partial charge in [-0.05, 0) is 30.0 Å². The Kier molecular flexibility index (Phi) is 3.51. The van der Waals surface area contributed by atoms with E-state index in [2.05, 4.69) is 44.7 Å². The maximum absolute atomic E-state index is 3.65. The summed E-state index contributed by atoms with van der Waals surface area (Å²) < 4.78 is 0. The van der Waals surface area contributed by atoms with Gasteiger partial charge in [-0.2, -0.15) is 0 Å². The second-order valence-electron chi connectivity index (χ2n) is 3.14. The molecular weight excluding hydrogens is 156 g/mol. The van der Waals surface area contributed by atoms with Crippen LogP contribution in [0.4, 0.5) is 0 Å². The molecule has 13 heavy (non-hydrogen) atoms. The molecule has 0 amide bonds. The summed E-state index contributed by atoms with van der Waals surface area (Å²) >= 11 is 0. The van der Waals surface area contributed by atoms with Crippen LogP contribution in [0.15, 0.2) is 36.9 Å². The molecule has 1 rings (SSSR count). The van der Waals surface area contributed by atoms with Gasteiger partial charge in [-0.1, -0.05) is 49.9 Å². The van der Waals surface area contributed by atoms with Crippen molar-refractivity contribution in [2.75, 3.05) is 0 Å². The Labute approximate surface area is 80.6 Å². The highest BCUT2D eigenvalue weighted by atomic mass is 14.0. The van der Waals surface area contributed by atoms with Crippen molar-refractivity contribution >= 4 is 6.08 Å². The van der Waals surface area contributed by atoms with Gasteiger partial charge >= 0.3 is 0 Å². The SMILES string of the molecule is C=C/C=C\c1ccc(CC)cc1C. The van der Waals surface area contributed by atoms with Gasteiger partial charge in [-0.3, -0.25) is 0 Å². The minimum Gasteiger partial charge on any atom is -0.0991 e. The average molecular weight is 172 g/mol. The summed E-state index contributed by atoms with van der Waals surface area (Å²) in [7, 11) is 0. The van der Waals surface area contributed by atoms with Crippen LogP contribution in [-0.4, -0.2) is 0 Å². The van der Waals surface area contributed by atoms with Crippen molar-refractivity contribution in [3.63, 3.8) is 0 Å². The monoisotopic (exact) mass is 172 g/mol. The van der Waals surface area contributed by atoms with E-state index in [1.165, 1.54) is 16.7 Å². The molecule has 0 nitrogen and oxygen atoms in total. The molecule has 0 saturated heterocycles. The third-order valence-electron chi connectivity index (χ3n) is 2.15. The first-order valence-corrected chi connectivity index (χ1v) is 4.66. The molecular formula is C13H16. The summed E-state index contributed by atoms with van der Waals surface area (Å²) in [5, 5.41) is 0. The van der Waals surface area contributed by atoms with Crippen molar-refractivity contribution in [3.8, 4) is 0 Å². The second kappa shape index (κ2) is 4.66. The summed E-state index contributed by atoms with van der Waals surface area (Å²) in [5.41, 5.74) is 4.00. The van der Waals surface area contributed by atoms with Gasteiger partial charge in [0.2, 0.25) is 0 Å². The van der Waals surface area contributed by atoms with Gasteiger partial charge in [0.05, 0.1) is 0 Å². The zero-order chi connectivity index (χ0) is 9.68. The highest BCUT2D eigenvalue weighted by Crippen LogP contribution is 2.13. The Morgan fingerprint density at radius 2 is 2.15 bits per heavy atom. The molecule has 0 atom stereocenters. The molecule has 0 aliphatic rings. The fourth-order valence-electron chi connectivity index (χ4n) is 1.32. The Bertz CT molecular complexity index is 319. The van der Waals surface area contributed by atoms with Crippen LogP contribution in [0.2, 0.25) is 0 Å². The lowest BCUT2D eigenvalue weighted by Crippen LogP contribution is -1.85. The van der Waals surface area contributed by atoms with E-state index >= 15 is 0 Å². The molecule has 0 spiro atoms. The molecule has 0 aliphatic heterocycles. The number of aryl methyl sites for hydroxylation is 2. The summed E-state index contributed by atoms with van der Waals surface area (Å²) in [6.07, 6.45) is 6.95. The summed E-state index contributed by atoms with van der Waals surface area (Å²) in [6.45, 7) is 7.97. The van der Waals surface area contributed by atoms with Crippen LogP contribution in [0.3, 0.4) is 0 Å². The van der Waals surface area contributed by atoms with E-state index in [-0.39, 0.29) is 0 Å². The number of benzene rings is 1. The third kappa shape index (κ3) is 2.59. The number of hydrogen-bond donors (Lipinski definition) is 0. The van der Waals surface area contributed by atoms with E-state index in [1.54, 1.807) is 6.08 Å². The maximum Gasteiger partial charge on any atom is -0.0227 e. The van der Waals surface area contributed by atoms with E-state index in [1.807, 2.05) is 6.08 Å². The average Bonchev–Trinajstić information content (AvgIpc) is 2.16. The molecule has 0 heterocycles. The van der Waals surface area contributed by atoms with Crippen molar-refractivity contribution in [3.05, 3.63) is 53.6 Å². The molecule has 1 aromatic rings. The summed E-state index contributed by atoms with van der Waals surface area (Å²) in [5.74, 6) is 0. The van der Waals surface area contributed by atoms with Gasteiger partial charge < -0.3 is 0 Å². The first-order chi connectivity index (χ1) is 6.27. The minimum atomic E-state index is 1.10. The van der Waals surface area contributed by atoms with Crippen LogP contribution in [0.25, 0.3) is 6.08 Å². The molecule has 0 fully saturated rings. The normalized spacial score (nSPS) is 10.6. The van der Waals surface area contributed by atoms with Gasteiger partial charge in [0.15, 0.2) is 0 Å². The lowest BCUT2D eigenvalue weighted by atomic mass is 10.0. The van der Waals surface area contributed by atoms with Crippen molar-refractivity contribution in [1.82, 2.24) is 0 Å². The molecule has 1 aromatic carbocycles. The van der Waals surface area contributed by atoms with Gasteiger partial charge in [-0.25, -0.2) is 0 Å². The second-order valence-corrected chi connectivity index (χ2v) is 3.14. The molecule has 0 aliphatic carbocycles. The zero-order valence-corrected chi connectivity index (χ0v) is 8.38. The number of allylic oxidation sites excluding steroid dienone is 2. The smallest absolute Gasteiger partial charge is 0.0227 e. The van der Waals surface area contributed by atoms with Crippen molar-refractivity contribution in [1.29, 1.82) is 0 Å². The van der Waals surface area contributed by atoms with Gasteiger partial charge in [0, 0.05) is 0 Å². The van der Waals surface area contributed by atoms with Crippen LogP contribution >= 0.6 is 0 Å². The van der Waals surface area contributed by atoms with Crippen LogP contribution < -0.4 is 0 Å². The fraction of sp³-hybridized carbons (Fsp3) is 0.231. The lowest BCUT2D eigenvalue weighted by Gasteiger charge is -2.02.